The van der Waals surface area contributed by atoms with Crippen LogP contribution >= 0.6 is 11.6 Å². The topological polar surface area (TPSA) is 132 Å². The Hall–Kier alpha value is -4.29. The Balaban J connectivity index is 1.66. The van der Waals surface area contributed by atoms with Crippen LogP contribution in [0.3, 0.4) is 0 Å². The van der Waals surface area contributed by atoms with Crippen molar-refractivity contribution >= 4 is 44.9 Å². The van der Waals surface area contributed by atoms with Crippen LogP contribution in [0.5, 0.6) is 0 Å². The average Bonchev–Trinajstić information content (AvgIpc) is 3.14. The Labute approximate surface area is 223 Å². The van der Waals surface area contributed by atoms with Gasteiger partial charge in [0.15, 0.2) is 0 Å². The van der Waals surface area contributed by atoms with Crippen molar-refractivity contribution in [3.63, 3.8) is 0 Å². The van der Waals surface area contributed by atoms with Crippen molar-refractivity contribution in [2.24, 2.45) is 5.10 Å². The largest absolute Gasteiger partial charge is 0.279 e. The van der Waals surface area contributed by atoms with Gasteiger partial charge in [-0.2, -0.15) is 10.2 Å². The summed E-state index contributed by atoms with van der Waals surface area (Å²) in [6.45, 7) is 5.33. The van der Waals surface area contributed by atoms with Gasteiger partial charge >= 0.3 is 0 Å². The molecule has 0 atom stereocenters. The number of rotatable bonds is 8. The van der Waals surface area contributed by atoms with Crippen LogP contribution in [-0.4, -0.2) is 29.3 Å². The second-order valence-electron chi connectivity index (χ2n) is 8.41. The van der Waals surface area contributed by atoms with Crippen molar-refractivity contribution in [2.45, 2.75) is 25.7 Å². The predicted molar refractivity (Wildman–Crippen MR) is 144 cm³/mol. The van der Waals surface area contributed by atoms with E-state index in [2.05, 4.69) is 20.3 Å². The molecule has 38 heavy (non-hydrogen) atoms. The molecule has 4 rings (SSSR count). The van der Waals surface area contributed by atoms with E-state index >= 15 is 0 Å². The first-order valence-electron chi connectivity index (χ1n) is 11.1. The van der Waals surface area contributed by atoms with Crippen LogP contribution in [0.25, 0.3) is 5.69 Å². The lowest BCUT2D eigenvalue weighted by Crippen LogP contribution is -2.16. The van der Waals surface area contributed by atoms with E-state index in [1.807, 2.05) is 13.0 Å². The number of nitro groups is 1. The molecule has 0 aliphatic rings. The number of halogens is 2. The molecule has 0 amide bonds. The van der Waals surface area contributed by atoms with Crippen LogP contribution in [-0.2, 0) is 10.0 Å². The fourth-order valence-corrected chi connectivity index (χ4v) is 5.27. The number of benzene rings is 3. The summed E-state index contributed by atoms with van der Waals surface area (Å²) in [6.07, 6.45) is 1.35. The molecule has 0 saturated carbocycles. The lowest BCUT2D eigenvalue weighted by atomic mass is 10.1. The highest BCUT2D eigenvalue weighted by Crippen LogP contribution is 2.30. The van der Waals surface area contributed by atoms with Gasteiger partial charge in [-0.05, 0) is 62.7 Å². The SMILES string of the molecule is Cc1ccc(NS(=O)(=O)c2cc([N+](=O)[O-])ccc2N/N=C\c2c(C)nn(-c3ccc(F)cc3)c2Cl)c(C)c1. The first-order chi connectivity index (χ1) is 18.0. The molecular weight excluding hydrogens is 535 g/mol. The maximum atomic E-state index is 13.3. The van der Waals surface area contributed by atoms with E-state index in [0.717, 1.165) is 11.6 Å². The fraction of sp³-hybridized carbons (Fsp3) is 0.120. The third kappa shape index (κ3) is 5.66. The van der Waals surface area contributed by atoms with Gasteiger partial charge in [-0.1, -0.05) is 29.3 Å². The molecule has 13 heteroatoms. The van der Waals surface area contributed by atoms with E-state index in [1.165, 1.54) is 47.3 Å². The van der Waals surface area contributed by atoms with Gasteiger partial charge in [0.1, 0.15) is 15.9 Å². The molecule has 0 fully saturated rings. The minimum absolute atomic E-state index is 0.00353. The maximum absolute atomic E-state index is 13.3. The molecule has 1 aromatic heterocycles. The second-order valence-corrected chi connectivity index (χ2v) is 10.4. The molecule has 10 nitrogen and oxygen atoms in total. The van der Waals surface area contributed by atoms with Crippen LogP contribution < -0.4 is 10.1 Å². The molecule has 0 spiro atoms. The zero-order valence-electron chi connectivity index (χ0n) is 20.4. The standard InChI is InChI=1S/C25H22ClFN6O4S/c1-15-4-10-22(16(2)12-15)31-38(36,37)24-13-20(33(34)35)9-11-23(24)29-28-14-21-17(3)30-32(25(21)26)19-7-5-18(27)6-8-19/h4-14,29,31H,1-3H3/b28-14-. The van der Waals surface area contributed by atoms with E-state index in [4.69, 9.17) is 11.6 Å². The zero-order chi connectivity index (χ0) is 27.6. The van der Waals surface area contributed by atoms with Crippen molar-refractivity contribution in [3.8, 4) is 5.69 Å². The number of nitro benzene ring substituents is 1. The Morgan fingerprint density at radius 3 is 2.39 bits per heavy atom. The summed E-state index contributed by atoms with van der Waals surface area (Å²) in [6, 6.07) is 14.1. The quantitative estimate of drug-likeness (QED) is 0.161. The molecule has 0 aliphatic carbocycles. The Bertz CT molecular complexity index is 1670. The molecule has 0 radical (unpaired) electrons. The third-order valence-corrected chi connectivity index (χ3v) is 7.36. The second kappa shape index (κ2) is 10.6. The van der Waals surface area contributed by atoms with Crippen molar-refractivity contribution in [1.82, 2.24) is 9.78 Å². The molecule has 0 unspecified atom stereocenters. The number of hydrazone groups is 1. The Kier molecular flexibility index (Phi) is 7.46. The third-order valence-electron chi connectivity index (χ3n) is 5.59. The van der Waals surface area contributed by atoms with Crippen molar-refractivity contribution in [1.29, 1.82) is 0 Å². The van der Waals surface area contributed by atoms with E-state index in [9.17, 15) is 22.9 Å². The summed E-state index contributed by atoms with van der Waals surface area (Å²) in [4.78, 5) is 10.3. The molecule has 0 aliphatic heterocycles. The highest BCUT2D eigenvalue weighted by atomic mass is 35.5. The molecule has 196 valence electrons. The molecule has 3 aromatic carbocycles. The number of hydrogen-bond acceptors (Lipinski definition) is 7. The Morgan fingerprint density at radius 1 is 1.05 bits per heavy atom. The van der Waals surface area contributed by atoms with Crippen LogP contribution in [0.15, 0.2) is 70.7 Å². The van der Waals surface area contributed by atoms with E-state index < -0.39 is 26.5 Å². The van der Waals surface area contributed by atoms with E-state index in [0.29, 0.717) is 28.2 Å². The van der Waals surface area contributed by atoms with Gasteiger partial charge in [0.25, 0.3) is 15.7 Å². The van der Waals surface area contributed by atoms with Gasteiger partial charge in [-0.15, -0.1) is 0 Å². The molecule has 4 aromatic rings. The molecule has 2 N–H and O–H groups in total. The van der Waals surface area contributed by atoms with Gasteiger partial charge in [-0.25, -0.2) is 17.5 Å². The minimum Gasteiger partial charge on any atom is -0.279 e. The zero-order valence-corrected chi connectivity index (χ0v) is 22.0. The summed E-state index contributed by atoms with van der Waals surface area (Å²) < 4.78 is 43.7. The number of aryl methyl sites for hydroxylation is 3. The van der Waals surface area contributed by atoms with E-state index in [1.54, 1.807) is 26.0 Å². The summed E-state index contributed by atoms with van der Waals surface area (Å²) >= 11 is 6.47. The van der Waals surface area contributed by atoms with Crippen molar-refractivity contribution in [3.05, 3.63) is 104 Å². The molecule has 0 saturated heterocycles. The fourth-order valence-electron chi connectivity index (χ4n) is 3.64. The predicted octanol–water partition coefficient (Wildman–Crippen LogP) is 5.75. The van der Waals surface area contributed by atoms with Crippen LogP contribution in [0.4, 0.5) is 21.5 Å². The minimum atomic E-state index is -4.25. The molecular formula is C25H22ClFN6O4S. The highest BCUT2D eigenvalue weighted by molar-refractivity contribution is 7.92. The summed E-state index contributed by atoms with van der Waals surface area (Å²) in [7, 11) is -4.25. The van der Waals surface area contributed by atoms with Gasteiger partial charge in [0.05, 0.1) is 39.5 Å². The lowest BCUT2D eigenvalue weighted by molar-refractivity contribution is -0.385. The monoisotopic (exact) mass is 556 g/mol. The summed E-state index contributed by atoms with van der Waals surface area (Å²) in [5.41, 5.74) is 5.70. The number of sulfonamides is 1. The smallest absolute Gasteiger partial charge is 0.270 e. The number of non-ortho nitro benzene ring substituents is 1. The summed E-state index contributed by atoms with van der Waals surface area (Å²) in [5.74, 6) is -0.402. The van der Waals surface area contributed by atoms with Crippen molar-refractivity contribution < 1.29 is 17.7 Å². The average molecular weight is 557 g/mol. The molecule has 1 heterocycles. The number of nitrogens with zero attached hydrogens (tertiary/aromatic N) is 4. The maximum Gasteiger partial charge on any atom is 0.270 e. The van der Waals surface area contributed by atoms with Gasteiger partial charge in [0, 0.05) is 12.1 Å². The number of hydrogen-bond donors (Lipinski definition) is 2. The normalized spacial score (nSPS) is 11.6. The van der Waals surface area contributed by atoms with E-state index in [-0.39, 0.29) is 15.7 Å². The molecule has 0 bridgehead atoms. The number of aromatic nitrogens is 2. The lowest BCUT2D eigenvalue weighted by Gasteiger charge is -2.14. The summed E-state index contributed by atoms with van der Waals surface area (Å²) in [5, 5.41) is 20.0. The van der Waals surface area contributed by atoms with Crippen molar-refractivity contribution in [2.75, 3.05) is 10.1 Å². The van der Waals surface area contributed by atoms with Gasteiger partial charge < -0.3 is 0 Å². The highest BCUT2D eigenvalue weighted by Gasteiger charge is 2.23. The first kappa shape index (κ1) is 26.8. The van der Waals surface area contributed by atoms with Crippen LogP contribution in [0.2, 0.25) is 5.15 Å². The van der Waals surface area contributed by atoms with Crippen LogP contribution in [0.1, 0.15) is 22.4 Å². The van der Waals surface area contributed by atoms with Crippen LogP contribution in [0, 0.1) is 36.7 Å². The van der Waals surface area contributed by atoms with Gasteiger partial charge in [0.2, 0.25) is 0 Å². The van der Waals surface area contributed by atoms with Gasteiger partial charge in [-0.3, -0.25) is 20.3 Å². The number of nitrogens with one attached hydrogen (secondary N) is 2. The number of anilines is 2. The Morgan fingerprint density at radius 2 is 1.74 bits per heavy atom. The first-order valence-corrected chi connectivity index (χ1v) is 13.0.